The van der Waals surface area contributed by atoms with Crippen LogP contribution in [0.2, 0.25) is 0 Å². The van der Waals surface area contributed by atoms with Crippen LogP contribution in [-0.4, -0.2) is 18.3 Å². The number of aliphatic imine (C=N–C) groups is 1. The molecule has 22 heavy (non-hydrogen) atoms. The van der Waals surface area contributed by atoms with Crippen LogP contribution in [0.3, 0.4) is 0 Å². The Bertz CT molecular complexity index is 839. The Morgan fingerprint density at radius 1 is 1.23 bits per heavy atom. The van der Waals surface area contributed by atoms with E-state index in [1.165, 1.54) is 0 Å². The number of hydrogen-bond donors (Lipinski definition) is 1. The molecule has 0 aliphatic heterocycles. The number of hydrogen-bond acceptors (Lipinski definition) is 5. The van der Waals surface area contributed by atoms with Crippen LogP contribution in [0.4, 0.5) is 16.5 Å². The van der Waals surface area contributed by atoms with Crippen LogP contribution in [0.1, 0.15) is 12.5 Å². The molecule has 1 N–H and O–H groups in total. The molecule has 0 saturated carbocycles. The van der Waals surface area contributed by atoms with Crippen LogP contribution in [0.25, 0.3) is 10.2 Å². The second-order valence-corrected chi connectivity index (χ2v) is 5.82. The van der Waals surface area contributed by atoms with E-state index in [0.29, 0.717) is 0 Å². The van der Waals surface area contributed by atoms with Crippen LogP contribution in [0, 0.1) is 6.92 Å². The lowest BCUT2D eigenvalue weighted by atomic mass is 10.2. The Kier molecular flexibility index (Phi) is 4.06. The quantitative estimate of drug-likeness (QED) is 0.683. The largest absolute Gasteiger partial charge is 0.495 e. The fourth-order valence-electron chi connectivity index (χ4n) is 2.31. The van der Waals surface area contributed by atoms with Crippen LogP contribution in [-0.2, 0) is 0 Å². The molecule has 1 aromatic heterocycles. The summed E-state index contributed by atoms with van der Waals surface area (Å²) in [5, 5.41) is 4.18. The van der Waals surface area contributed by atoms with Gasteiger partial charge in [-0.1, -0.05) is 23.5 Å². The summed E-state index contributed by atoms with van der Waals surface area (Å²) in [6.45, 7) is 3.97. The predicted molar refractivity (Wildman–Crippen MR) is 94.5 cm³/mol. The molecular weight excluding hydrogens is 294 g/mol. The van der Waals surface area contributed by atoms with Crippen molar-refractivity contribution in [3.05, 3.63) is 42.0 Å². The average molecular weight is 311 g/mol. The lowest BCUT2D eigenvalue weighted by Crippen LogP contribution is -1.93. The van der Waals surface area contributed by atoms with Gasteiger partial charge in [-0.25, -0.2) is 4.98 Å². The highest BCUT2D eigenvalue weighted by Gasteiger charge is 2.10. The lowest BCUT2D eigenvalue weighted by molar-refractivity contribution is 0.417. The van der Waals surface area contributed by atoms with Crippen molar-refractivity contribution in [1.29, 1.82) is 0 Å². The Balaban J connectivity index is 2.00. The monoisotopic (exact) mass is 311 g/mol. The summed E-state index contributed by atoms with van der Waals surface area (Å²) in [6, 6.07) is 11.9. The Hall–Kier alpha value is -2.40. The van der Waals surface area contributed by atoms with E-state index in [9.17, 15) is 0 Å². The van der Waals surface area contributed by atoms with Crippen molar-refractivity contribution >= 4 is 44.3 Å². The zero-order valence-electron chi connectivity index (χ0n) is 12.8. The number of fused-ring (bicyclic) bond motifs is 1. The van der Waals surface area contributed by atoms with E-state index < -0.39 is 0 Å². The van der Waals surface area contributed by atoms with Gasteiger partial charge in [-0.3, -0.25) is 4.99 Å². The van der Waals surface area contributed by atoms with E-state index in [2.05, 4.69) is 23.3 Å². The summed E-state index contributed by atoms with van der Waals surface area (Å²) >= 11 is 1.62. The third-order valence-electron chi connectivity index (χ3n) is 3.40. The van der Waals surface area contributed by atoms with Gasteiger partial charge in [-0.15, -0.1) is 0 Å². The molecule has 0 fully saturated rings. The minimum absolute atomic E-state index is 0.801. The van der Waals surface area contributed by atoms with Gasteiger partial charge in [0.25, 0.3) is 0 Å². The summed E-state index contributed by atoms with van der Waals surface area (Å²) in [4.78, 5) is 9.08. The van der Waals surface area contributed by atoms with Crippen molar-refractivity contribution in [1.82, 2.24) is 4.98 Å². The standard InChI is InChI=1S/C17H17N3OS/c1-4-18-12-9-10-15-16(11(12)2)20-17(22-15)19-13-7-5-6-8-14(13)21-3/h4-10H,1-3H3,(H,19,20). The molecule has 0 bridgehead atoms. The minimum Gasteiger partial charge on any atom is -0.495 e. The van der Waals surface area contributed by atoms with E-state index in [-0.39, 0.29) is 0 Å². The van der Waals surface area contributed by atoms with Crippen LogP contribution in [0.5, 0.6) is 5.75 Å². The van der Waals surface area contributed by atoms with E-state index in [0.717, 1.165) is 38.0 Å². The molecule has 2 aromatic carbocycles. The van der Waals surface area contributed by atoms with Crippen molar-refractivity contribution in [3.8, 4) is 5.75 Å². The molecule has 0 saturated heterocycles. The molecule has 3 rings (SSSR count). The summed E-state index contributed by atoms with van der Waals surface area (Å²) in [5.41, 5.74) is 3.96. The molecule has 112 valence electrons. The van der Waals surface area contributed by atoms with Gasteiger partial charge in [-0.05, 0) is 38.1 Å². The van der Waals surface area contributed by atoms with E-state index in [1.54, 1.807) is 24.7 Å². The van der Waals surface area contributed by atoms with Crippen molar-refractivity contribution in [2.24, 2.45) is 4.99 Å². The van der Waals surface area contributed by atoms with Gasteiger partial charge < -0.3 is 10.1 Å². The fraction of sp³-hybridized carbons (Fsp3) is 0.176. The molecule has 0 aliphatic carbocycles. The molecular formula is C17H17N3OS. The van der Waals surface area contributed by atoms with Gasteiger partial charge in [0.15, 0.2) is 5.13 Å². The first kappa shape index (κ1) is 14.5. The fourth-order valence-corrected chi connectivity index (χ4v) is 3.25. The first-order valence-corrected chi connectivity index (χ1v) is 7.83. The van der Waals surface area contributed by atoms with Crippen molar-refractivity contribution in [2.45, 2.75) is 13.8 Å². The zero-order valence-corrected chi connectivity index (χ0v) is 13.6. The van der Waals surface area contributed by atoms with Crippen LogP contribution < -0.4 is 10.1 Å². The Morgan fingerprint density at radius 3 is 2.82 bits per heavy atom. The third-order valence-corrected chi connectivity index (χ3v) is 4.34. The third kappa shape index (κ3) is 2.67. The topological polar surface area (TPSA) is 46.5 Å². The van der Waals surface area contributed by atoms with Gasteiger partial charge in [0.05, 0.1) is 28.7 Å². The van der Waals surface area contributed by atoms with Crippen LogP contribution >= 0.6 is 11.3 Å². The normalized spacial score (nSPS) is 11.2. The molecule has 0 radical (unpaired) electrons. The minimum atomic E-state index is 0.801. The first-order valence-electron chi connectivity index (χ1n) is 7.02. The highest BCUT2D eigenvalue weighted by molar-refractivity contribution is 7.22. The van der Waals surface area contributed by atoms with Crippen molar-refractivity contribution in [3.63, 3.8) is 0 Å². The first-order chi connectivity index (χ1) is 10.7. The summed E-state index contributed by atoms with van der Waals surface area (Å²) in [7, 11) is 1.66. The molecule has 0 aliphatic rings. The van der Waals surface area contributed by atoms with Gasteiger partial charge in [0, 0.05) is 11.8 Å². The summed E-state index contributed by atoms with van der Waals surface area (Å²) in [5.74, 6) is 0.801. The number of nitrogens with zero attached hydrogens (tertiary/aromatic N) is 2. The maximum absolute atomic E-state index is 5.36. The van der Waals surface area contributed by atoms with E-state index in [1.807, 2.05) is 37.3 Å². The molecule has 0 atom stereocenters. The number of aryl methyl sites for hydroxylation is 1. The second kappa shape index (κ2) is 6.15. The SMILES string of the molecule is CC=Nc1ccc2sc(Nc3ccccc3OC)nc2c1C. The van der Waals surface area contributed by atoms with Gasteiger partial charge >= 0.3 is 0 Å². The van der Waals surface area contributed by atoms with Gasteiger partial charge in [0.1, 0.15) is 5.75 Å². The maximum atomic E-state index is 5.36. The number of methoxy groups -OCH3 is 1. The van der Waals surface area contributed by atoms with Crippen molar-refractivity contribution < 1.29 is 4.74 Å². The molecule has 1 heterocycles. The summed E-state index contributed by atoms with van der Waals surface area (Å²) in [6.07, 6.45) is 1.80. The number of thiazole rings is 1. The molecule has 4 nitrogen and oxygen atoms in total. The average Bonchev–Trinajstić information content (AvgIpc) is 2.94. The molecule has 5 heteroatoms. The lowest BCUT2D eigenvalue weighted by Gasteiger charge is -2.07. The number of aromatic nitrogens is 1. The molecule has 3 aromatic rings. The molecule has 0 amide bonds. The number of nitrogens with one attached hydrogen (secondary N) is 1. The van der Waals surface area contributed by atoms with E-state index in [4.69, 9.17) is 9.72 Å². The number of anilines is 2. The number of ether oxygens (including phenoxy) is 1. The maximum Gasteiger partial charge on any atom is 0.188 e. The van der Waals surface area contributed by atoms with Crippen LogP contribution in [0.15, 0.2) is 41.4 Å². The van der Waals surface area contributed by atoms with E-state index >= 15 is 0 Å². The number of benzene rings is 2. The highest BCUT2D eigenvalue weighted by Crippen LogP contribution is 2.35. The van der Waals surface area contributed by atoms with Gasteiger partial charge in [-0.2, -0.15) is 0 Å². The smallest absolute Gasteiger partial charge is 0.188 e. The van der Waals surface area contributed by atoms with Crippen molar-refractivity contribution in [2.75, 3.05) is 12.4 Å². The summed E-state index contributed by atoms with van der Waals surface area (Å²) < 4.78 is 6.51. The second-order valence-electron chi connectivity index (χ2n) is 4.79. The zero-order chi connectivity index (χ0) is 15.5. The Morgan fingerprint density at radius 2 is 2.05 bits per heavy atom. The predicted octanol–water partition coefficient (Wildman–Crippen LogP) is 5.08. The highest BCUT2D eigenvalue weighted by atomic mass is 32.1. The molecule has 0 unspecified atom stereocenters. The number of para-hydroxylation sites is 2. The molecule has 0 spiro atoms. The number of rotatable bonds is 4. The van der Waals surface area contributed by atoms with Gasteiger partial charge in [0.2, 0.25) is 0 Å². The Labute approximate surface area is 133 Å².